The lowest BCUT2D eigenvalue weighted by molar-refractivity contribution is 0.0667. The summed E-state index contributed by atoms with van der Waals surface area (Å²) in [5.74, 6) is 0. The summed E-state index contributed by atoms with van der Waals surface area (Å²) in [6.07, 6.45) is 3.75. The van der Waals surface area contributed by atoms with Crippen molar-refractivity contribution < 1.29 is 13.2 Å². The van der Waals surface area contributed by atoms with Gasteiger partial charge in [0.05, 0.1) is 12.5 Å². The molecule has 0 saturated heterocycles. The highest BCUT2D eigenvalue weighted by Gasteiger charge is 2.20. The molecule has 0 fully saturated rings. The van der Waals surface area contributed by atoms with E-state index in [2.05, 4.69) is 24.6 Å². The van der Waals surface area contributed by atoms with Crippen LogP contribution in [0.4, 0.5) is 0 Å². The van der Waals surface area contributed by atoms with E-state index in [1.54, 1.807) is 0 Å². The maximum Gasteiger partial charge on any atom is 0.213 e. The standard InChI is InChI=1S/C10H19ClN2O3SSi/c1-17(14,15)9-7-12-8-13(9)10(11)16-5-6-18(2,3)4/h7-8,10H,5-6H2,1-4H3. The number of halogens is 1. The summed E-state index contributed by atoms with van der Waals surface area (Å²) in [5.41, 5.74) is -0.839. The van der Waals surface area contributed by atoms with Crippen LogP contribution < -0.4 is 0 Å². The zero-order chi connectivity index (χ0) is 14.0. The Balaban J connectivity index is 2.69. The first-order valence-electron chi connectivity index (χ1n) is 5.59. The molecule has 0 bridgehead atoms. The summed E-state index contributed by atoms with van der Waals surface area (Å²) in [6.45, 7) is 7.22. The minimum atomic E-state index is -3.34. The molecule has 0 aliphatic heterocycles. The van der Waals surface area contributed by atoms with Gasteiger partial charge in [0.25, 0.3) is 0 Å². The summed E-state index contributed by atoms with van der Waals surface area (Å²) in [4.78, 5) is 3.79. The normalized spacial score (nSPS) is 14.7. The lowest BCUT2D eigenvalue weighted by Crippen LogP contribution is -2.23. The first-order valence-corrected chi connectivity index (χ1v) is 11.6. The summed E-state index contributed by atoms with van der Waals surface area (Å²) < 4.78 is 29.7. The Labute approximate surface area is 114 Å². The molecule has 1 atom stereocenters. The highest BCUT2D eigenvalue weighted by atomic mass is 35.5. The van der Waals surface area contributed by atoms with Crippen LogP contribution in [0.3, 0.4) is 0 Å². The second kappa shape index (κ2) is 5.73. The Morgan fingerprint density at radius 2 is 2.11 bits per heavy atom. The number of hydrogen-bond donors (Lipinski definition) is 0. The van der Waals surface area contributed by atoms with E-state index in [4.69, 9.17) is 16.3 Å². The van der Waals surface area contributed by atoms with Crippen molar-refractivity contribution >= 4 is 29.5 Å². The van der Waals surface area contributed by atoms with Gasteiger partial charge in [0, 0.05) is 20.9 Å². The van der Waals surface area contributed by atoms with Crippen LogP contribution in [0.1, 0.15) is 5.69 Å². The van der Waals surface area contributed by atoms with Crippen LogP contribution in [0.25, 0.3) is 0 Å². The second-order valence-corrected chi connectivity index (χ2v) is 13.3. The van der Waals surface area contributed by atoms with Gasteiger partial charge in [-0.15, -0.1) is 0 Å². The van der Waals surface area contributed by atoms with Crippen LogP contribution in [-0.4, -0.2) is 38.9 Å². The number of hydrogen-bond acceptors (Lipinski definition) is 4. The molecule has 18 heavy (non-hydrogen) atoms. The van der Waals surface area contributed by atoms with E-state index >= 15 is 0 Å². The predicted octanol–water partition coefficient (Wildman–Crippen LogP) is 2.34. The lowest BCUT2D eigenvalue weighted by atomic mass is 10.8. The van der Waals surface area contributed by atoms with E-state index in [9.17, 15) is 8.42 Å². The fourth-order valence-electron chi connectivity index (χ4n) is 1.27. The van der Waals surface area contributed by atoms with Crippen LogP contribution >= 0.6 is 11.6 Å². The van der Waals surface area contributed by atoms with E-state index in [-0.39, 0.29) is 5.03 Å². The SMILES string of the molecule is C[Si](C)(C)CCOC(Cl)n1cncc1S(C)(=O)=O. The molecule has 0 aromatic carbocycles. The number of aromatic nitrogens is 2. The molecule has 1 unspecified atom stereocenters. The van der Waals surface area contributed by atoms with Gasteiger partial charge in [-0.2, -0.15) is 0 Å². The molecule has 0 N–H and O–H groups in total. The molecule has 8 heteroatoms. The van der Waals surface area contributed by atoms with Crippen molar-refractivity contribution in [2.24, 2.45) is 0 Å². The van der Waals surface area contributed by atoms with Gasteiger partial charge in [-0.05, 0) is 6.04 Å². The Hall–Kier alpha value is -0.373. The summed E-state index contributed by atoms with van der Waals surface area (Å²) in [7, 11) is -4.53. The van der Waals surface area contributed by atoms with Crippen LogP contribution in [0.15, 0.2) is 17.6 Å². The average Bonchev–Trinajstić information content (AvgIpc) is 2.62. The Morgan fingerprint density at radius 1 is 1.50 bits per heavy atom. The van der Waals surface area contributed by atoms with Gasteiger partial charge < -0.3 is 4.74 Å². The van der Waals surface area contributed by atoms with Gasteiger partial charge in [-0.25, -0.2) is 13.4 Å². The third-order valence-electron chi connectivity index (χ3n) is 2.34. The summed E-state index contributed by atoms with van der Waals surface area (Å²) in [6, 6.07) is 0.971. The van der Waals surface area contributed by atoms with E-state index in [0.29, 0.717) is 6.61 Å². The van der Waals surface area contributed by atoms with Crippen molar-refractivity contribution in [1.82, 2.24) is 9.55 Å². The second-order valence-electron chi connectivity index (χ2n) is 5.38. The number of nitrogens with zero attached hydrogens (tertiary/aromatic N) is 2. The van der Waals surface area contributed by atoms with E-state index < -0.39 is 23.6 Å². The minimum absolute atomic E-state index is 0.0653. The van der Waals surface area contributed by atoms with Crippen LogP contribution in [0, 0.1) is 0 Å². The number of alkyl halides is 1. The molecule has 1 aromatic heterocycles. The van der Waals surface area contributed by atoms with E-state index in [1.807, 2.05) is 0 Å². The van der Waals surface area contributed by atoms with Crippen molar-refractivity contribution in [2.45, 2.75) is 36.4 Å². The summed E-state index contributed by atoms with van der Waals surface area (Å²) >= 11 is 6.04. The third-order valence-corrected chi connectivity index (χ3v) is 5.45. The molecule has 0 radical (unpaired) electrons. The molecular formula is C10H19ClN2O3SSi. The van der Waals surface area contributed by atoms with Crippen molar-refractivity contribution in [3.63, 3.8) is 0 Å². The van der Waals surface area contributed by atoms with Crippen LogP contribution in [0.2, 0.25) is 25.7 Å². The van der Waals surface area contributed by atoms with Gasteiger partial charge in [0.2, 0.25) is 5.69 Å². The molecule has 1 heterocycles. The number of sulfone groups is 1. The molecule has 0 aliphatic carbocycles. The fraction of sp³-hybridized carbons (Fsp3) is 0.700. The Kier molecular flexibility index (Phi) is 4.99. The first kappa shape index (κ1) is 15.7. The number of imidazole rings is 1. The molecule has 0 amide bonds. The van der Waals surface area contributed by atoms with Crippen molar-refractivity contribution in [3.8, 4) is 0 Å². The zero-order valence-electron chi connectivity index (χ0n) is 11.1. The maximum atomic E-state index is 11.5. The molecule has 0 saturated carbocycles. The quantitative estimate of drug-likeness (QED) is 0.597. The first-order chi connectivity index (χ1) is 8.11. The molecule has 1 rings (SSSR count). The zero-order valence-corrected chi connectivity index (χ0v) is 13.6. The fourth-order valence-corrected chi connectivity index (χ4v) is 3.09. The third kappa shape index (κ3) is 4.72. The Bertz CT molecular complexity index is 495. The van der Waals surface area contributed by atoms with E-state index in [1.165, 1.54) is 17.1 Å². The molecule has 0 spiro atoms. The van der Waals surface area contributed by atoms with Gasteiger partial charge in [0.1, 0.15) is 0 Å². The van der Waals surface area contributed by atoms with Gasteiger partial charge in [0.15, 0.2) is 14.9 Å². The van der Waals surface area contributed by atoms with Crippen molar-refractivity contribution in [1.29, 1.82) is 0 Å². The molecule has 104 valence electrons. The van der Waals surface area contributed by atoms with Gasteiger partial charge in [-0.1, -0.05) is 31.2 Å². The number of ether oxygens (including phenoxy) is 1. The molecule has 5 nitrogen and oxygen atoms in total. The predicted molar refractivity (Wildman–Crippen MR) is 74.3 cm³/mol. The monoisotopic (exact) mass is 310 g/mol. The largest absolute Gasteiger partial charge is 0.345 e. The van der Waals surface area contributed by atoms with E-state index in [0.717, 1.165) is 12.3 Å². The topological polar surface area (TPSA) is 61.2 Å². The smallest absolute Gasteiger partial charge is 0.213 e. The minimum Gasteiger partial charge on any atom is -0.345 e. The van der Waals surface area contributed by atoms with Crippen molar-refractivity contribution in [3.05, 3.63) is 12.5 Å². The number of rotatable bonds is 6. The van der Waals surface area contributed by atoms with Crippen LogP contribution in [-0.2, 0) is 14.6 Å². The molecular weight excluding hydrogens is 292 g/mol. The summed E-state index contributed by atoms with van der Waals surface area (Å²) in [5, 5.41) is 0.0653. The maximum absolute atomic E-state index is 11.5. The highest BCUT2D eigenvalue weighted by Crippen LogP contribution is 2.21. The van der Waals surface area contributed by atoms with Crippen LogP contribution in [0.5, 0.6) is 0 Å². The van der Waals surface area contributed by atoms with Gasteiger partial charge in [-0.3, -0.25) is 4.57 Å². The molecule has 0 aliphatic rings. The molecule has 1 aromatic rings. The van der Waals surface area contributed by atoms with Gasteiger partial charge >= 0.3 is 0 Å². The lowest BCUT2D eigenvalue weighted by Gasteiger charge is -2.18. The van der Waals surface area contributed by atoms with Crippen molar-refractivity contribution in [2.75, 3.05) is 12.9 Å². The average molecular weight is 311 g/mol. The Morgan fingerprint density at radius 3 is 2.61 bits per heavy atom. The highest BCUT2D eigenvalue weighted by molar-refractivity contribution is 7.90.